The van der Waals surface area contributed by atoms with Gasteiger partial charge >= 0.3 is 10.1 Å². The third-order valence-corrected chi connectivity index (χ3v) is 4.91. The molecule has 2 aromatic rings. The molecule has 5 heteroatoms. The highest BCUT2D eigenvalue weighted by Gasteiger charge is 2.16. The summed E-state index contributed by atoms with van der Waals surface area (Å²) in [5, 5.41) is 0. The number of hydrogen-bond donors (Lipinski definition) is 0. The van der Waals surface area contributed by atoms with E-state index in [9.17, 15) is 8.42 Å². The molecule has 0 aliphatic rings. The summed E-state index contributed by atoms with van der Waals surface area (Å²) in [7, 11) is 0.204. The monoisotopic (exact) mass is 319 g/mol. The molecular formula is C17H21NO3S. The molecule has 118 valence electrons. The normalized spacial score (nSPS) is 13.1. The van der Waals surface area contributed by atoms with Gasteiger partial charge in [0.25, 0.3) is 0 Å². The average molecular weight is 319 g/mol. The largest absolute Gasteiger partial charge is 0.379 e. The molecule has 0 N–H and O–H groups in total. The minimum Gasteiger partial charge on any atom is -0.379 e. The van der Waals surface area contributed by atoms with Gasteiger partial charge in [0.1, 0.15) is 10.6 Å². The molecule has 4 nitrogen and oxygen atoms in total. The van der Waals surface area contributed by atoms with E-state index >= 15 is 0 Å². The quantitative estimate of drug-likeness (QED) is 0.793. The fourth-order valence-electron chi connectivity index (χ4n) is 1.98. The molecule has 0 aromatic heterocycles. The van der Waals surface area contributed by atoms with Crippen LogP contribution < -0.4 is 4.18 Å². The van der Waals surface area contributed by atoms with E-state index in [1.807, 2.05) is 33.2 Å². The molecule has 1 atom stereocenters. The molecule has 0 amide bonds. The molecule has 0 saturated carbocycles. The van der Waals surface area contributed by atoms with E-state index < -0.39 is 10.1 Å². The van der Waals surface area contributed by atoms with Crippen LogP contribution in [0.1, 0.15) is 24.1 Å². The van der Waals surface area contributed by atoms with Gasteiger partial charge in [-0.05, 0) is 57.8 Å². The van der Waals surface area contributed by atoms with Gasteiger partial charge in [-0.25, -0.2) is 0 Å². The van der Waals surface area contributed by atoms with Gasteiger partial charge in [-0.2, -0.15) is 8.42 Å². The van der Waals surface area contributed by atoms with Crippen LogP contribution >= 0.6 is 0 Å². The zero-order valence-electron chi connectivity index (χ0n) is 13.3. The lowest BCUT2D eigenvalue weighted by Gasteiger charge is -2.20. The van der Waals surface area contributed by atoms with E-state index in [2.05, 4.69) is 11.8 Å². The van der Waals surface area contributed by atoms with Gasteiger partial charge in [-0.1, -0.05) is 29.8 Å². The van der Waals surface area contributed by atoms with Gasteiger partial charge in [0.15, 0.2) is 0 Å². The molecule has 2 rings (SSSR count). The molecule has 0 bridgehead atoms. The van der Waals surface area contributed by atoms with Crippen molar-refractivity contribution >= 4 is 10.1 Å². The molecule has 1 unspecified atom stereocenters. The van der Waals surface area contributed by atoms with Crippen LogP contribution in [0.5, 0.6) is 5.75 Å². The maximum Gasteiger partial charge on any atom is 0.339 e. The van der Waals surface area contributed by atoms with E-state index in [1.165, 1.54) is 0 Å². The van der Waals surface area contributed by atoms with Crippen molar-refractivity contribution in [3.05, 3.63) is 59.7 Å². The Morgan fingerprint density at radius 1 is 0.955 bits per heavy atom. The molecule has 0 heterocycles. The van der Waals surface area contributed by atoms with E-state index in [1.54, 1.807) is 36.4 Å². The fourth-order valence-corrected chi connectivity index (χ4v) is 2.91. The van der Waals surface area contributed by atoms with Crippen molar-refractivity contribution in [3.63, 3.8) is 0 Å². The number of rotatable bonds is 5. The highest BCUT2D eigenvalue weighted by molar-refractivity contribution is 7.87. The highest BCUT2D eigenvalue weighted by atomic mass is 32.2. The third-order valence-electron chi connectivity index (χ3n) is 3.65. The molecule has 0 radical (unpaired) electrons. The summed E-state index contributed by atoms with van der Waals surface area (Å²) in [6, 6.07) is 14.0. The summed E-state index contributed by atoms with van der Waals surface area (Å²) in [5.41, 5.74) is 2.10. The van der Waals surface area contributed by atoms with Crippen LogP contribution in [-0.2, 0) is 10.1 Å². The van der Waals surface area contributed by atoms with Gasteiger partial charge in [-0.15, -0.1) is 0 Å². The van der Waals surface area contributed by atoms with Crippen molar-refractivity contribution in [2.45, 2.75) is 24.8 Å². The first-order valence-corrected chi connectivity index (χ1v) is 8.48. The fraction of sp³-hybridized carbons (Fsp3) is 0.294. The highest BCUT2D eigenvalue weighted by Crippen LogP contribution is 2.23. The van der Waals surface area contributed by atoms with Crippen LogP contribution in [-0.4, -0.2) is 27.4 Å². The van der Waals surface area contributed by atoms with E-state index in [0.29, 0.717) is 5.75 Å². The second-order valence-electron chi connectivity index (χ2n) is 5.56. The minimum absolute atomic E-state index is 0.156. The van der Waals surface area contributed by atoms with Crippen molar-refractivity contribution in [3.8, 4) is 5.75 Å². The van der Waals surface area contributed by atoms with E-state index in [4.69, 9.17) is 4.18 Å². The van der Waals surface area contributed by atoms with Crippen LogP contribution in [0.15, 0.2) is 53.4 Å². The van der Waals surface area contributed by atoms with Gasteiger partial charge in [0.2, 0.25) is 0 Å². The summed E-state index contributed by atoms with van der Waals surface area (Å²) in [4.78, 5) is 2.24. The van der Waals surface area contributed by atoms with Gasteiger partial charge in [-0.3, -0.25) is 0 Å². The van der Waals surface area contributed by atoms with Crippen LogP contribution in [0, 0.1) is 6.92 Å². The lowest BCUT2D eigenvalue weighted by Crippen LogP contribution is -2.16. The molecular weight excluding hydrogens is 298 g/mol. The third kappa shape index (κ3) is 3.87. The van der Waals surface area contributed by atoms with Crippen molar-refractivity contribution in [1.82, 2.24) is 4.90 Å². The maximum absolute atomic E-state index is 12.2. The summed E-state index contributed by atoms with van der Waals surface area (Å²) in [6.07, 6.45) is 0. The zero-order valence-corrected chi connectivity index (χ0v) is 14.1. The lowest BCUT2D eigenvalue weighted by molar-refractivity contribution is 0.321. The first-order valence-electron chi connectivity index (χ1n) is 7.07. The SMILES string of the molecule is Cc1ccc(S(=O)(=O)Oc2ccc(C(C)N(C)C)cc2)cc1. The van der Waals surface area contributed by atoms with E-state index in [-0.39, 0.29) is 10.9 Å². The Hall–Kier alpha value is -1.85. The first kappa shape index (κ1) is 16.5. The van der Waals surface area contributed by atoms with Crippen molar-refractivity contribution in [2.24, 2.45) is 0 Å². The van der Waals surface area contributed by atoms with Crippen molar-refractivity contribution < 1.29 is 12.6 Å². The number of aryl methyl sites for hydroxylation is 1. The number of hydrogen-bond acceptors (Lipinski definition) is 4. The Morgan fingerprint density at radius 3 is 2.00 bits per heavy atom. The second-order valence-corrected chi connectivity index (χ2v) is 7.11. The predicted molar refractivity (Wildman–Crippen MR) is 87.5 cm³/mol. The lowest BCUT2D eigenvalue weighted by atomic mass is 10.1. The summed E-state index contributed by atoms with van der Waals surface area (Å²) in [5.74, 6) is 0.315. The Labute approximate surface area is 132 Å². The van der Waals surface area contributed by atoms with Crippen molar-refractivity contribution in [1.29, 1.82) is 0 Å². The Morgan fingerprint density at radius 2 is 1.50 bits per heavy atom. The Balaban J connectivity index is 2.18. The van der Waals surface area contributed by atoms with Crippen LogP contribution in [0.4, 0.5) is 0 Å². The van der Waals surface area contributed by atoms with Gasteiger partial charge < -0.3 is 9.08 Å². The van der Waals surface area contributed by atoms with Crippen LogP contribution in [0.25, 0.3) is 0 Å². The van der Waals surface area contributed by atoms with Gasteiger partial charge in [0, 0.05) is 6.04 Å². The summed E-state index contributed by atoms with van der Waals surface area (Å²) >= 11 is 0. The van der Waals surface area contributed by atoms with E-state index in [0.717, 1.165) is 11.1 Å². The van der Waals surface area contributed by atoms with Crippen LogP contribution in [0.2, 0.25) is 0 Å². The topological polar surface area (TPSA) is 46.6 Å². The maximum atomic E-state index is 12.2. The molecule has 0 aliphatic carbocycles. The molecule has 0 aliphatic heterocycles. The van der Waals surface area contributed by atoms with Crippen LogP contribution in [0.3, 0.4) is 0 Å². The standard InChI is InChI=1S/C17H21NO3S/c1-13-5-11-17(12-6-13)22(19,20)21-16-9-7-15(8-10-16)14(2)18(3)4/h5-12,14H,1-4H3. The summed E-state index contributed by atoms with van der Waals surface area (Å²) in [6.45, 7) is 3.99. The first-order chi connectivity index (χ1) is 10.3. The molecule has 0 spiro atoms. The molecule has 0 fully saturated rings. The molecule has 0 saturated heterocycles. The summed E-state index contributed by atoms with van der Waals surface area (Å²) < 4.78 is 29.6. The predicted octanol–water partition coefficient (Wildman–Crippen LogP) is 3.39. The Kier molecular flexibility index (Phi) is 4.88. The minimum atomic E-state index is -3.79. The smallest absolute Gasteiger partial charge is 0.339 e. The molecule has 2 aromatic carbocycles. The number of benzene rings is 2. The Bertz CT molecular complexity index is 720. The van der Waals surface area contributed by atoms with Gasteiger partial charge in [0.05, 0.1) is 0 Å². The molecule has 22 heavy (non-hydrogen) atoms. The second kappa shape index (κ2) is 6.50. The zero-order chi connectivity index (χ0) is 16.3. The number of nitrogens with zero attached hydrogens (tertiary/aromatic N) is 1. The van der Waals surface area contributed by atoms with Crippen molar-refractivity contribution in [2.75, 3.05) is 14.1 Å². The average Bonchev–Trinajstić information content (AvgIpc) is 2.47.